The molecule has 0 amide bonds. The minimum atomic E-state index is 0.532. The summed E-state index contributed by atoms with van der Waals surface area (Å²) in [4.78, 5) is 18.7. The van der Waals surface area contributed by atoms with Crippen molar-refractivity contribution in [2.24, 2.45) is 0 Å². The number of piperidine rings is 2. The lowest BCUT2D eigenvalue weighted by atomic mass is 10.1. The van der Waals surface area contributed by atoms with Crippen LogP contribution in [0.2, 0.25) is 10.0 Å². The first-order valence-corrected chi connectivity index (χ1v) is 10.4. The van der Waals surface area contributed by atoms with E-state index >= 15 is 0 Å². The largest absolute Gasteiger partial charge is 0.341 e. The number of nitrogens with zero attached hydrogens (tertiary/aromatic N) is 5. The molecule has 4 rings (SSSR count). The monoisotopic (exact) mass is 406 g/mol. The van der Waals surface area contributed by atoms with Crippen molar-refractivity contribution in [1.29, 1.82) is 0 Å². The van der Waals surface area contributed by atoms with Gasteiger partial charge in [-0.15, -0.1) is 0 Å². The second-order valence-corrected chi connectivity index (χ2v) is 8.01. The van der Waals surface area contributed by atoms with Gasteiger partial charge in [-0.25, -0.2) is 0 Å². The summed E-state index contributed by atoms with van der Waals surface area (Å²) in [6, 6.07) is 5.34. The van der Waals surface area contributed by atoms with Gasteiger partial charge in [-0.05, 0) is 56.7 Å². The van der Waals surface area contributed by atoms with Crippen molar-refractivity contribution in [3.05, 3.63) is 28.2 Å². The van der Waals surface area contributed by atoms with Crippen LogP contribution in [0.1, 0.15) is 38.5 Å². The lowest BCUT2D eigenvalue weighted by Crippen LogP contribution is -2.34. The molecular formula is C19H24Cl2N6. The van der Waals surface area contributed by atoms with Crippen molar-refractivity contribution < 1.29 is 0 Å². The number of nitrogens with one attached hydrogen (secondary N) is 1. The van der Waals surface area contributed by atoms with Crippen LogP contribution in [-0.2, 0) is 0 Å². The van der Waals surface area contributed by atoms with E-state index in [1.54, 1.807) is 6.07 Å². The summed E-state index contributed by atoms with van der Waals surface area (Å²) in [5.41, 5.74) is 0.771. The Hall–Kier alpha value is -1.79. The summed E-state index contributed by atoms with van der Waals surface area (Å²) in [6.07, 6.45) is 7.25. The summed E-state index contributed by atoms with van der Waals surface area (Å²) >= 11 is 12.3. The highest BCUT2D eigenvalue weighted by atomic mass is 35.5. The van der Waals surface area contributed by atoms with Gasteiger partial charge in [0.05, 0.1) is 0 Å². The molecule has 0 aliphatic carbocycles. The highest BCUT2D eigenvalue weighted by Gasteiger charge is 2.20. The topological polar surface area (TPSA) is 57.2 Å². The molecule has 0 saturated carbocycles. The van der Waals surface area contributed by atoms with Gasteiger partial charge in [-0.2, -0.15) is 15.0 Å². The quantitative estimate of drug-likeness (QED) is 0.778. The maximum atomic E-state index is 6.13. The maximum absolute atomic E-state index is 6.13. The Labute approximate surface area is 169 Å². The molecule has 2 saturated heterocycles. The fourth-order valence-electron chi connectivity index (χ4n) is 3.64. The van der Waals surface area contributed by atoms with Crippen molar-refractivity contribution in [1.82, 2.24) is 15.0 Å². The first-order chi connectivity index (χ1) is 13.2. The Kier molecular flexibility index (Phi) is 5.83. The Morgan fingerprint density at radius 1 is 0.667 bits per heavy atom. The van der Waals surface area contributed by atoms with Gasteiger partial charge in [0.1, 0.15) is 0 Å². The fourth-order valence-corrected chi connectivity index (χ4v) is 4.16. The Balaban J connectivity index is 1.65. The molecule has 144 valence electrons. The number of aromatic nitrogens is 3. The molecule has 2 fully saturated rings. The van der Waals surface area contributed by atoms with Gasteiger partial charge in [-0.3, -0.25) is 0 Å². The van der Waals surface area contributed by atoms with Crippen molar-refractivity contribution >= 4 is 46.7 Å². The van der Waals surface area contributed by atoms with Crippen molar-refractivity contribution in [2.45, 2.75) is 38.5 Å². The molecule has 0 atom stereocenters. The van der Waals surface area contributed by atoms with Gasteiger partial charge in [0.2, 0.25) is 17.8 Å². The lowest BCUT2D eigenvalue weighted by molar-refractivity contribution is 0.556. The van der Waals surface area contributed by atoms with E-state index in [4.69, 9.17) is 28.2 Å². The normalized spacial score (nSPS) is 17.9. The van der Waals surface area contributed by atoms with Gasteiger partial charge in [0.25, 0.3) is 0 Å². The molecule has 6 nitrogen and oxygen atoms in total. The number of hydrogen-bond acceptors (Lipinski definition) is 6. The Morgan fingerprint density at radius 3 is 1.63 bits per heavy atom. The molecule has 2 aliphatic rings. The molecule has 0 spiro atoms. The van der Waals surface area contributed by atoms with Crippen molar-refractivity contribution in [3.63, 3.8) is 0 Å². The molecule has 2 aliphatic heterocycles. The van der Waals surface area contributed by atoms with Gasteiger partial charge in [0.15, 0.2) is 0 Å². The highest BCUT2D eigenvalue weighted by Crippen LogP contribution is 2.27. The van der Waals surface area contributed by atoms with E-state index in [0.717, 1.165) is 43.8 Å². The second kappa shape index (κ2) is 8.48. The third kappa shape index (κ3) is 4.74. The van der Waals surface area contributed by atoms with Gasteiger partial charge >= 0.3 is 0 Å². The third-order valence-electron chi connectivity index (χ3n) is 5.01. The van der Waals surface area contributed by atoms with E-state index < -0.39 is 0 Å². The first kappa shape index (κ1) is 18.6. The average molecular weight is 407 g/mol. The molecule has 1 N–H and O–H groups in total. The molecule has 2 aromatic rings. The zero-order valence-corrected chi connectivity index (χ0v) is 16.8. The smallest absolute Gasteiger partial charge is 0.233 e. The maximum Gasteiger partial charge on any atom is 0.233 e. The zero-order valence-electron chi connectivity index (χ0n) is 15.3. The van der Waals surface area contributed by atoms with E-state index in [0.29, 0.717) is 16.0 Å². The van der Waals surface area contributed by atoms with E-state index in [9.17, 15) is 0 Å². The first-order valence-electron chi connectivity index (χ1n) is 9.66. The van der Waals surface area contributed by atoms with Crippen LogP contribution in [0.4, 0.5) is 23.5 Å². The third-order valence-corrected chi connectivity index (χ3v) is 5.44. The fraction of sp³-hybridized carbons (Fsp3) is 0.526. The van der Waals surface area contributed by atoms with E-state index in [1.807, 2.05) is 12.1 Å². The summed E-state index contributed by atoms with van der Waals surface area (Å²) in [5, 5.41) is 4.41. The Bertz CT molecular complexity index is 731. The van der Waals surface area contributed by atoms with Crippen LogP contribution < -0.4 is 15.1 Å². The van der Waals surface area contributed by atoms with Gasteiger partial charge < -0.3 is 15.1 Å². The molecule has 8 heteroatoms. The molecule has 1 aromatic heterocycles. The standard InChI is InChI=1S/C19H24Cl2N6/c20-14-11-15(21)13-16(12-14)22-17-23-18(26-7-3-1-4-8-26)25-19(24-17)27-9-5-2-6-10-27/h11-13H,1-10H2,(H,22,23,24,25). The van der Waals surface area contributed by atoms with Crippen LogP contribution in [0.15, 0.2) is 18.2 Å². The average Bonchev–Trinajstić information content (AvgIpc) is 2.68. The minimum absolute atomic E-state index is 0.532. The zero-order chi connectivity index (χ0) is 18.6. The van der Waals surface area contributed by atoms with Crippen molar-refractivity contribution in [3.8, 4) is 0 Å². The van der Waals surface area contributed by atoms with Crippen LogP contribution in [0.3, 0.4) is 0 Å². The summed E-state index contributed by atoms with van der Waals surface area (Å²) in [6.45, 7) is 3.97. The Morgan fingerprint density at radius 2 is 1.15 bits per heavy atom. The number of halogens is 2. The van der Waals surface area contributed by atoms with Gasteiger partial charge in [-0.1, -0.05) is 23.2 Å². The molecule has 0 unspecified atom stereocenters. The highest BCUT2D eigenvalue weighted by molar-refractivity contribution is 6.35. The SMILES string of the molecule is Clc1cc(Cl)cc(Nc2nc(N3CCCCC3)nc(N3CCCCC3)n2)c1. The van der Waals surface area contributed by atoms with Crippen LogP contribution in [-0.4, -0.2) is 41.1 Å². The van der Waals surface area contributed by atoms with Crippen LogP contribution >= 0.6 is 23.2 Å². The molecule has 0 radical (unpaired) electrons. The lowest BCUT2D eigenvalue weighted by Gasteiger charge is -2.30. The number of hydrogen-bond donors (Lipinski definition) is 1. The van der Waals surface area contributed by atoms with E-state index in [-0.39, 0.29) is 0 Å². The van der Waals surface area contributed by atoms with Crippen LogP contribution in [0.25, 0.3) is 0 Å². The predicted octanol–water partition coefficient (Wildman–Crippen LogP) is 4.90. The van der Waals surface area contributed by atoms with Crippen molar-refractivity contribution in [2.75, 3.05) is 41.3 Å². The number of rotatable bonds is 4. The number of anilines is 4. The summed E-state index contributed by atoms with van der Waals surface area (Å²) in [7, 11) is 0. The van der Waals surface area contributed by atoms with Crippen LogP contribution in [0.5, 0.6) is 0 Å². The molecule has 27 heavy (non-hydrogen) atoms. The molecule has 0 bridgehead atoms. The minimum Gasteiger partial charge on any atom is -0.341 e. The van der Waals surface area contributed by atoms with Gasteiger partial charge in [0, 0.05) is 41.9 Å². The molecular weight excluding hydrogens is 383 g/mol. The molecule has 1 aromatic carbocycles. The van der Waals surface area contributed by atoms with Crippen LogP contribution in [0, 0.1) is 0 Å². The predicted molar refractivity (Wildman–Crippen MR) is 112 cm³/mol. The van der Waals surface area contributed by atoms with E-state index in [1.165, 1.54) is 38.5 Å². The molecule has 3 heterocycles. The number of benzene rings is 1. The second-order valence-electron chi connectivity index (χ2n) is 7.14. The van der Waals surface area contributed by atoms with E-state index in [2.05, 4.69) is 25.1 Å². The summed E-state index contributed by atoms with van der Waals surface area (Å²) in [5.74, 6) is 2.03. The summed E-state index contributed by atoms with van der Waals surface area (Å²) < 4.78 is 0.